The van der Waals surface area contributed by atoms with Crippen molar-refractivity contribution in [3.63, 3.8) is 0 Å². The van der Waals surface area contributed by atoms with Gasteiger partial charge in [-0.3, -0.25) is 4.79 Å². The van der Waals surface area contributed by atoms with Crippen LogP contribution in [0, 0.1) is 11.3 Å². The number of nitrogens with one attached hydrogen (secondary N) is 1. The lowest BCUT2D eigenvalue weighted by Crippen LogP contribution is -2.26. The fourth-order valence-corrected chi connectivity index (χ4v) is 1.76. The van der Waals surface area contributed by atoms with E-state index in [4.69, 9.17) is 19.5 Å². The molecule has 0 aromatic heterocycles. The molecule has 0 bridgehead atoms. The Morgan fingerprint density at radius 2 is 2.09 bits per heavy atom. The standard InChI is InChI=1S/C16H20N2O4/c1-20-8-4-7-18-16(19)13(11-17)9-12-5-6-14(21-2)10-15(12)22-3/h5-6,9-10H,4,7-8H2,1-3H3,(H,18,19). The van der Waals surface area contributed by atoms with E-state index in [-0.39, 0.29) is 5.57 Å². The van der Waals surface area contributed by atoms with E-state index >= 15 is 0 Å². The number of hydrogen-bond acceptors (Lipinski definition) is 5. The molecule has 118 valence electrons. The van der Waals surface area contributed by atoms with E-state index in [2.05, 4.69) is 5.32 Å². The van der Waals surface area contributed by atoms with Crippen molar-refractivity contribution in [1.82, 2.24) is 5.32 Å². The molecule has 1 N–H and O–H groups in total. The number of carbonyl (C=O) groups excluding carboxylic acids is 1. The maximum Gasteiger partial charge on any atom is 0.261 e. The Bertz CT molecular complexity index is 576. The van der Waals surface area contributed by atoms with Crippen molar-refractivity contribution in [3.05, 3.63) is 29.3 Å². The Hall–Kier alpha value is -2.52. The molecule has 22 heavy (non-hydrogen) atoms. The van der Waals surface area contributed by atoms with Crippen molar-refractivity contribution >= 4 is 12.0 Å². The number of methoxy groups -OCH3 is 3. The third-order valence-corrected chi connectivity index (χ3v) is 2.92. The van der Waals surface area contributed by atoms with Crippen LogP contribution in [0.15, 0.2) is 23.8 Å². The highest BCUT2D eigenvalue weighted by molar-refractivity contribution is 6.01. The summed E-state index contributed by atoms with van der Waals surface area (Å²) >= 11 is 0. The van der Waals surface area contributed by atoms with Gasteiger partial charge in [-0.05, 0) is 24.6 Å². The van der Waals surface area contributed by atoms with Crippen LogP contribution in [0.25, 0.3) is 6.08 Å². The molecule has 6 nitrogen and oxygen atoms in total. The summed E-state index contributed by atoms with van der Waals surface area (Å²) < 4.78 is 15.3. The molecule has 1 aromatic carbocycles. The van der Waals surface area contributed by atoms with Crippen molar-refractivity contribution in [2.75, 3.05) is 34.5 Å². The molecule has 0 radical (unpaired) electrons. The van der Waals surface area contributed by atoms with Crippen LogP contribution in [0.2, 0.25) is 0 Å². The van der Waals surface area contributed by atoms with Gasteiger partial charge in [0.25, 0.3) is 5.91 Å². The van der Waals surface area contributed by atoms with Crippen molar-refractivity contribution in [1.29, 1.82) is 5.26 Å². The molecule has 0 unspecified atom stereocenters. The molecule has 0 atom stereocenters. The normalized spacial score (nSPS) is 10.7. The average molecular weight is 304 g/mol. The van der Waals surface area contributed by atoms with Gasteiger partial charge in [0.15, 0.2) is 0 Å². The summed E-state index contributed by atoms with van der Waals surface area (Å²) in [6, 6.07) is 7.06. The van der Waals surface area contributed by atoms with E-state index in [0.717, 1.165) is 0 Å². The first kappa shape index (κ1) is 17.5. The largest absolute Gasteiger partial charge is 0.497 e. The highest BCUT2D eigenvalue weighted by atomic mass is 16.5. The molecule has 1 aromatic rings. The third kappa shape index (κ3) is 5.11. The van der Waals surface area contributed by atoms with Crippen molar-refractivity contribution in [3.8, 4) is 17.6 Å². The van der Waals surface area contributed by atoms with Gasteiger partial charge in [0.05, 0.1) is 14.2 Å². The lowest BCUT2D eigenvalue weighted by molar-refractivity contribution is -0.117. The molecule has 1 amide bonds. The predicted molar refractivity (Wildman–Crippen MR) is 82.6 cm³/mol. The topological polar surface area (TPSA) is 80.6 Å². The van der Waals surface area contributed by atoms with Crippen LogP contribution in [-0.4, -0.2) is 40.4 Å². The Labute approximate surface area is 130 Å². The molecule has 0 saturated carbocycles. The van der Waals surface area contributed by atoms with Gasteiger partial charge in [0.2, 0.25) is 0 Å². The van der Waals surface area contributed by atoms with E-state index in [1.807, 2.05) is 6.07 Å². The van der Waals surface area contributed by atoms with Crippen LogP contribution in [0.4, 0.5) is 0 Å². The first-order chi connectivity index (χ1) is 10.7. The minimum Gasteiger partial charge on any atom is -0.497 e. The van der Waals surface area contributed by atoms with Gasteiger partial charge in [-0.2, -0.15) is 5.26 Å². The molecule has 0 saturated heterocycles. The van der Waals surface area contributed by atoms with E-state index in [0.29, 0.717) is 36.6 Å². The van der Waals surface area contributed by atoms with E-state index in [9.17, 15) is 4.79 Å². The second-order valence-corrected chi connectivity index (χ2v) is 4.38. The minimum absolute atomic E-state index is 0.0147. The summed E-state index contributed by atoms with van der Waals surface area (Å²) in [6.45, 7) is 1.00. The van der Waals surface area contributed by atoms with Gasteiger partial charge in [-0.25, -0.2) is 0 Å². The van der Waals surface area contributed by atoms with Crippen LogP contribution in [0.1, 0.15) is 12.0 Å². The summed E-state index contributed by atoms with van der Waals surface area (Å²) in [4.78, 5) is 12.0. The van der Waals surface area contributed by atoms with Gasteiger partial charge in [-0.15, -0.1) is 0 Å². The first-order valence-electron chi connectivity index (χ1n) is 6.77. The van der Waals surface area contributed by atoms with E-state index in [1.54, 1.807) is 32.4 Å². The third-order valence-electron chi connectivity index (χ3n) is 2.92. The molecular weight excluding hydrogens is 284 g/mol. The van der Waals surface area contributed by atoms with Gasteiger partial charge in [0, 0.05) is 31.9 Å². The fraction of sp³-hybridized carbons (Fsp3) is 0.375. The molecule has 0 fully saturated rings. The van der Waals surface area contributed by atoms with Gasteiger partial charge < -0.3 is 19.5 Å². The number of ether oxygens (including phenoxy) is 3. The van der Waals surface area contributed by atoms with Gasteiger partial charge in [0.1, 0.15) is 23.1 Å². The fourth-order valence-electron chi connectivity index (χ4n) is 1.76. The Morgan fingerprint density at radius 3 is 2.68 bits per heavy atom. The number of hydrogen-bond donors (Lipinski definition) is 1. The Kier molecular flexibility index (Phi) is 7.51. The molecule has 0 aliphatic carbocycles. The minimum atomic E-state index is -0.420. The molecule has 1 rings (SSSR count). The molecule has 0 aliphatic rings. The summed E-state index contributed by atoms with van der Waals surface area (Å²) in [5.74, 6) is 0.743. The predicted octanol–water partition coefficient (Wildman–Crippen LogP) is 1.76. The second-order valence-electron chi connectivity index (χ2n) is 4.38. The maximum atomic E-state index is 12.0. The van der Waals surface area contributed by atoms with Crippen molar-refractivity contribution in [2.45, 2.75) is 6.42 Å². The van der Waals surface area contributed by atoms with Gasteiger partial charge in [-0.1, -0.05) is 0 Å². The van der Waals surface area contributed by atoms with E-state index in [1.165, 1.54) is 13.2 Å². The van der Waals surface area contributed by atoms with Crippen LogP contribution in [0.3, 0.4) is 0 Å². The number of nitrogens with zero attached hydrogens (tertiary/aromatic N) is 1. The number of nitriles is 1. The van der Waals surface area contributed by atoms with E-state index < -0.39 is 5.91 Å². The summed E-state index contributed by atoms with van der Waals surface area (Å²) in [7, 11) is 4.67. The Morgan fingerprint density at radius 1 is 1.32 bits per heavy atom. The number of rotatable bonds is 8. The second kappa shape index (κ2) is 9.42. The van der Waals surface area contributed by atoms with Crippen LogP contribution >= 0.6 is 0 Å². The first-order valence-corrected chi connectivity index (χ1v) is 6.77. The van der Waals surface area contributed by atoms with Crippen LogP contribution in [-0.2, 0) is 9.53 Å². The zero-order valence-electron chi connectivity index (χ0n) is 13.0. The molecule has 0 aliphatic heterocycles. The summed E-state index contributed by atoms with van der Waals surface area (Å²) in [5, 5.41) is 11.8. The monoisotopic (exact) mass is 304 g/mol. The lowest BCUT2D eigenvalue weighted by atomic mass is 10.1. The highest BCUT2D eigenvalue weighted by Crippen LogP contribution is 2.26. The SMILES string of the molecule is COCCCNC(=O)C(C#N)=Cc1ccc(OC)cc1OC. The van der Waals surface area contributed by atoms with Crippen LogP contribution < -0.4 is 14.8 Å². The van der Waals surface area contributed by atoms with Crippen molar-refractivity contribution in [2.24, 2.45) is 0 Å². The Balaban J connectivity index is 2.88. The summed E-state index contributed by atoms with van der Waals surface area (Å²) in [5.41, 5.74) is 0.646. The quantitative estimate of drug-likeness (QED) is 0.450. The molecule has 6 heteroatoms. The molecular formula is C16H20N2O4. The van der Waals surface area contributed by atoms with Crippen LogP contribution in [0.5, 0.6) is 11.5 Å². The molecule has 0 heterocycles. The number of carbonyl (C=O) groups is 1. The zero-order valence-corrected chi connectivity index (χ0v) is 13.0. The number of amides is 1. The number of benzene rings is 1. The summed E-state index contributed by atoms with van der Waals surface area (Å²) in [6.07, 6.45) is 2.18. The van der Waals surface area contributed by atoms with Crippen molar-refractivity contribution < 1.29 is 19.0 Å². The van der Waals surface area contributed by atoms with Gasteiger partial charge >= 0.3 is 0 Å². The average Bonchev–Trinajstić information content (AvgIpc) is 2.56. The maximum absolute atomic E-state index is 12.0. The zero-order chi connectivity index (χ0) is 16.4. The molecule has 0 spiro atoms. The lowest BCUT2D eigenvalue weighted by Gasteiger charge is -2.08. The smallest absolute Gasteiger partial charge is 0.261 e. The highest BCUT2D eigenvalue weighted by Gasteiger charge is 2.10.